The summed E-state index contributed by atoms with van der Waals surface area (Å²) in [6, 6.07) is 5.11. The third kappa shape index (κ3) is 2.88. The molecule has 2 rings (SSSR count). The number of ether oxygens (including phenoxy) is 1. The van der Waals surface area contributed by atoms with Gasteiger partial charge in [0.05, 0.1) is 12.3 Å². The fourth-order valence-electron chi connectivity index (χ4n) is 2.05. The molecule has 1 saturated heterocycles. The zero-order chi connectivity index (χ0) is 12.3. The van der Waals surface area contributed by atoms with Crippen LogP contribution in [0.15, 0.2) is 18.2 Å². The average Bonchev–Trinajstić information content (AvgIpc) is 2.31. The summed E-state index contributed by atoms with van der Waals surface area (Å²) in [5, 5.41) is 0. The Hall–Kier alpha value is -1.29. The highest BCUT2D eigenvalue weighted by Crippen LogP contribution is 2.24. The molecule has 0 atom stereocenters. The summed E-state index contributed by atoms with van der Waals surface area (Å²) in [4.78, 5) is 4.34. The van der Waals surface area contributed by atoms with Gasteiger partial charge in [0, 0.05) is 32.2 Å². The van der Waals surface area contributed by atoms with Crippen LogP contribution in [0.2, 0.25) is 0 Å². The van der Waals surface area contributed by atoms with Crippen molar-refractivity contribution in [2.24, 2.45) is 0 Å². The van der Waals surface area contributed by atoms with E-state index in [-0.39, 0.29) is 5.82 Å². The summed E-state index contributed by atoms with van der Waals surface area (Å²) in [7, 11) is 2.09. The Morgan fingerprint density at radius 2 is 1.94 bits per heavy atom. The topological polar surface area (TPSA) is 15.7 Å². The number of hydrogen-bond acceptors (Lipinski definition) is 3. The van der Waals surface area contributed by atoms with E-state index in [4.69, 9.17) is 4.74 Å². The molecule has 0 aromatic heterocycles. The van der Waals surface area contributed by atoms with Crippen LogP contribution in [0.3, 0.4) is 0 Å². The largest absolute Gasteiger partial charge is 0.494 e. The number of hydrogen-bond donors (Lipinski definition) is 0. The smallest absolute Gasteiger partial charge is 0.150 e. The van der Waals surface area contributed by atoms with E-state index in [1.165, 1.54) is 6.07 Å². The third-order valence-corrected chi connectivity index (χ3v) is 3.07. The van der Waals surface area contributed by atoms with Gasteiger partial charge in [-0.3, -0.25) is 0 Å². The average molecular weight is 238 g/mol. The van der Waals surface area contributed by atoms with Gasteiger partial charge in [0.15, 0.2) is 0 Å². The molecule has 4 heteroatoms. The van der Waals surface area contributed by atoms with E-state index in [1.54, 1.807) is 0 Å². The van der Waals surface area contributed by atoms with Crippen LogP contribution in [0.4, 0.5) is 10.1 Å². The molecule has 3 nitrogen and oxygen atoms in total. The quantitative estimate of drug-likeness (QED) is 0.801. The summed E-state index contributed by atoms with van der Waals surface area (Å²) < 4.78 is 19.2. The van der Waals surface area contributed by atoms with Crippen molar-refractivity contribution in [2.45, 2.75) is 6.92 Å². The summed E-state index contributed by atoms with van der Waals surface area (Å²) in [6.45, 7) is 6.17. The van der Waals surface area contributed by atoms with E-state index in [2.05, 4.69) is 16.8 Å². The van der Waals surface area contributed by atoms with Crippen molar-refractivity contribution < 1.29 is 9.13 Å². The van der Waals surface area contributed by atoms with Gasteiger partial charge in [-0.15, -0.1) is 0 Å². The minimum absolute atomic E-state index is 0.194. The van der Waals surface area contributed by atoms with Gasteiger partial charge in [-0.05, 0) is 26.1 Å². The van der Waals surface area contributed by atoms with Crippen molar-refractivity contribution in [1.29, 1.82) is 0 Å². The molecule has 0 amide bonds. The van der Waals surface area contributed by atoms with E-state index in [9.17, 15) is 4.39 Å². The highest BCUT2D eigenvalue weighted by Gasteiger charge is 2.17. The molecule has 0 saturated carbocycles. The number of rotatable bonds is 3. The monoisotopic (exact) mass is 238 g/mol. The van der Waals surface area contributed by atoms with Gasteiger partial charge in [-0.1, -0.05) is 0 Å². The highest BCUT2D eigenvalue weighted by atomic mass is 19.1. The molecule has 1 heterocycles. The van der Waals surface area contributed by atoms with E-state index in [0.29, 0.717) is 18.0 Å². The van der Waals surface area contributed by atoms with Crippen molar-refractivity contribution in [1.82, 2.24) is 4.90 Å². The molecule has 0 spiro atoms. The molecule has 1 aromatic rings. The van der Waals surface area contributed by atoms with Crippen molar-refractivity contribution in [3.05, 3.63) is 24.0 Å². The number of piperazine rings is 1. The van der Waals surface area contributed by atoms with Gasteiger partial charge in [0.25, 0.3) is 0 Å². The first-order valence-electron chi connectivity index (χ1n) is 6.06. The zero-order valence-corrected chi connectivity index (χ0v) is 10.4. The Labute approximate surface area is 102 Å². The number of nitrogens with zero attached hydrogens (tertiary/aromatic N) is 2. The second-order valence-electron chi connectivity index (χ2n) is 4.34. The Bertz CT molecular complexity index is 376. The van der Waals surface area contributed by atoms with Crippen LogP contribution in [0.5, 0.6) is 5.75 Å². The van der Waals surface area contributed by atoms with E-state index >= 15 is 0 Å². The third-order valence-electron chi connectivity index (χ3n) is 3.07. The Morgan fingerprint density at radius 1 is 1.24 bits per heavy atom. The lowest BCUT2D eigenvalue weighted by atomic mass is 10.2. The first kappa shape index (κ1) is 12.2. The number of halogens is 1. The predicted molar refractivity (Wildman–Crippen MR) is 67.3 cm³/mol. The summed E-state index contributed by atoms with van der Waals surface area (Å²) >= 11 is 0. The van der Waals surface area contributed by atoms with Gasteiger partial charge in [-0.2, -0.15) is 0 Å². The van der Waals surface area contributed by atoms with Crippen LogP contribution in [0.25, 0.3) is 0 Å². The van der Waals surface area contributed by atoms with Crippen LogP contribution in [-0.2, 0) is 0 Å². The van der Waals surface area contributed by atoms with Gasteiger partial charge in [0.2, 0.25) is 0 Å². The molecule has 94 valence electrons. The molecule has 1 aromatic carbocycles. The molecular formula is C13H19FN2O. The minimum atomic E-state index is -0.194. The molecule has 0 aliphatic carbocycles. The maximum Gasteiger partial charge on any atom is 0.150 e. The van der Waals surface area contributed by atoms with Crippen LogP contribution in [-0.4, -0.2) is 44.7 Å². The van der Waals surface area contributed by atoms with E-state index in [0.717, 1.165) is 26.2 Å². The Morgan fingerprint density at radius 3 is 2.53 bits per heavy atom. The first-order chi connectivity index (χ1) is 8.20. The lowest BCUT2D eigenvalue weighted by molar-refractivity contribution is 0.311. The summed E-state index contributed by atoms with van der Waals surface area (Å²) in [6.07, 6.45) is 0. The normalized spacial score (nSPS) is 17.2. The van der Waals surface area contributed by atoms with Gasteiger partial charge in [0.1, 0.15) is 11.6 Å². The number of anilines is 1. The van der Waals surface area contributed by atoms with Crippen molar-refractivity contribution >= 4 is 5.69 Å². The molecule has 17 heavy (non-hydrogen) atoms. The minimum Gasteiger partial charge on any atom is -0.494 e. The second-order valence-corrected chi connectivity index (χ2v) is 4.34. The van der Waals surface area contributed by atoms with Crippen molar-refractivity contribution in [3.8, 4) is 5.75 Å². The van der Waals surface area contributed by atoms with Gasteiger partial charge < -0.3 is 14.5 Å². The standard InChI is InChI=1S/C13H19FN2O/c1-3-17-11-4-5-13(12(14)10-11)16-8-6-15(2)7-9-16/h4-5,10H,3,6-9H2,1-2H3. The zero-order valence-electron chi connectivity index (χ0n) is 10.4. The lowest BCUT2D eigenvalue weighted by Gasteiger charge is -2.34. The van der Waals surface area contributed by atoms with Gasteiger partial charge >= 0.3 is 0 Å². The van der Waals surface area contributed by atoms with Crippen LogP contribution < -0.4 is 9.64 Å². The molecule has 0 N–H and O–H groups in total. The molecule has 1 aliphatic heterocycles. The molecule has 1 aliphatic rings. The highest BCUT2D eigenvalue weighted by molar-refractivity contribution is 5.51. The van der Waals surface area contributed by atoms with Crippen molar-refractivity contribution in [3.63, 3.8) is 0 Å². The lowest BCUT2D eigenvalue weighted by Crippen LogP contribution is -2.44. The van der Waals surface area contributed by atoms with Crippen molar-refractivity contribution in [2.75, 3.05) is 44.7 Å². The van der Waals surface area contributed by atoms with E-state index < -0.39 is 0 Å². The van der Waals surface area contributed by atoms with Gasteiger partial charge in [-0.25, -0.2) is 4.39 Å². The first-order valence-corrected chi connectivity index (χ1v) is 6.06. The Kier molecular flexibility index (Phi) is 3.84. The maximum absolute atomic E-state index is 13.9. The molecular weight excluding hydrogens is 219 g/mol. The number of benzene rings is 1. The number of likely N-dealkylation sites (N-methyl/N-ethyl adjacent to an activating group) is 1. The maximum atomic E-state index is 13.9. The van der Waals surface area contributed by atoms with Crippen LogP contribution in [0.1, 0.15) is 6.92 Å². The molecule has 0 bridgehead atoms. The Balaban J connectivity index is 2.10. The SMILES string of the molecule is CCOc1ccc(N2CCN(C)CC2)c(F)c1. The fourth-order valence-corrected chi connectivity index (χ4v) is 2.05. The van der Waals surface area contributed by atoms with Crippen LogP contribution >= 0.6 is 0 Å². The molecule has 1 fully saturated rings. The summed E-state index contributed by atoms with van der Waals surface area (Å²) in [5.41, 5.74) is 0.682. The second kappa shape index (κ2) is 5.36. The molecule has 0 unspecified atom stereocenters. The van der Waals surface area contributed by atoms with E-state index in [1.807, 2.05) is 19.1 Å². The predicted octanol–water partition coefficient (Wildman–Crippen LogP) is 1.98. The fraction of sp³-hybridized carbons (Fsp3) is 0.538. The molecule has 0 radical (unpaired) electrons. The summed E-state index contributed by atoms with van der Waals surface area (Å²) in [5.74, 6) is 0.406. The van der Waals surface area contributed by atoms with Crippen LogP contribution in [0, 0.1) is 5.82 Å².